The van der Waals surface area contributed by atoms with Gasteiger partial charge < -0.3 is 20.5 Å². The number of aromatic amines is 2. The van der Waals surface area contributed by atoms with Crippen molar-refractivity contribution in [2.24, 2.45) is 0 Å². The molecule has 2 aliphatic rings. The van der Waals surface area contributed by atoms with Crippen LogP contribution < -0.4 is 10.6 Å². The number of para-hydroxylation sites is 1. The average Bonchev–Trinajstić information content (AvgIpc) is 3.58. The molecule has 11 heteroatoms. The summed E-state index contributed by atoms with van der Waals surface area (Å²) < 4.78 is 0.768. The number of H-pyrrole nitrogens is 2. The fraction of sp³-hybridized carbons (Fsp3) is 0.357. The molecule has 0 bridgehead atoms. The highest BCUT2D eigenvalue weighted by atomic mass is 79.9. The summed E-state index contributed by atoms with van der Waals surface area (Å²) in [6.07, 6.45) is 5.79. The van der Waals surface area contributed by atoms with Crippen molar-refractivity contribution >= 4 is 44.5 Å². The third kappa shape index (κ3) is 5.55. The molecule has 0 spiro atoms. The minimum Gasteiger partial charge on any atom is -0.345 e. The molecule has 2 aliphatic heterocycles. The van der Waals surface area contributed by atoms with Gasteiger partial charge in [-0.15, -0.1) is 0 Å². The van der Waals surface area contributed by atoms with Crippen molar-refractivity contribution in [3.05, 3.63) is 75.9 Å². The second-order valence-electron chi connectivity index (χ2n) is 10.4. The Hall–Kier alpha value is -3.70. The molecule has 4 N–H and O–H groups in total. The minimum absolute atomic E-state index is 0.0406. The van der Waals surface area contributed by atoms with Crippen molar-refractivity contribution in [3.63, 3.8) is 0 Å². The van der Waals surface area contributed by atoms with Gasteiger partial charge in [0.05, 0.1) is 30.5 Å². The van der Waals surface area contributed by atoms with E-state index in [0.29, 0.717) is 25.3 Å². The second kappa shape index (κ2) is 10.8. The van der Waals surface area contributed by atoms with Crippen LogP contribution in [0.2, 0.25) is 0 Å². The molecule has 39 heavy (non-hydrogen) atoms. The van der Waals surface area contributed by atoms with Crippen LogP contribution in [-0.2, 0) is 17.8 Å². The summed E-state index contributed by atoms with van der Waals surface area (Å²) >= 11 is 3.44. The summed E-state index contributed by atoms with van der Waals surface area (Å²) in [5.74, 6) is 0.659. The molecule has 1 saturated heterocycles. The lowest BCUT2D eigenvalue weighted by atomic mass is 10.0. The Kier molecular flexibility index (Phi) is 7.09. The summed E-state index contributed by atoms with van der Waals surface area (Å²) in [5, 5.41) is 14.5. The number of hydrogen-bond acceptors (Lipinski definition) is 5. The highest BCUT2D eigenvalue weighted by molar-refractivity contribution is 9.10. The van der Waals surface area contributed by atoms with Gasteiger partial charge >= 0.3 is 6.03 Å². The van der Waals surface area contributed by atoms with Crippen molar-refractivity contribution in [3.8, 4) is 0 Å². The maximum Gasteiger partial charge on any atom is 0.322 e. The molecule has 1 atom stereocenters. The number of hydrogen-bond donors (Lipinski definition) is 4. The lowest BCUT2D eigenvalue weighted by Crippen LogP contribution is -2.51. The summed E-state index contributed by atoms with van der Waals surface area (Å²) in [5.41, 5.74) is 5.26. The number of anilines is 1. The van der Waals surface area contributed by atoms with E-state index in [1.165, 1.54) is 0 Å². The first-order chi connectivity index (χ1) is 18.9. The second-order valence-corrected chi connectivity index (χ2v) is 11.3. The first-order valence-electron chi connectivity index (χ1n) is 13.2. The molecular weight excluding hydrogens is 560 g/mol. The summed E-state index contributed by atoms with van der Waals surface area (Å²) in [7, 11) is 0. The molecule has 0 radical (unpaired) electrons. The number of likely N-dealkylation sites (tertiary alicyclic amines) is 1. The van der Waals surface area contributed by atoms with Gasteiger partial charge in [0.1, 0.15) is 10.4 Å². The first-order valence-corrected chi connectivity index (χ1v) is 14.0. The van der Waals surface area contributed by atoms with Gasteiger partial charge in [-0.2, -0.15) is 5.10 Å². The zero-order valence-corrected chi connectivity index (χ0v) is 23.3. The van der Waals surface area contributed by atoms with Crippen molar-refractivity contribution in [1.29, 1.82) is 0 Å². The Morgan fingerprint density at radius 1 is 1.21 bits per heavy atom. The lowest BCUT2D eigenvalue weighted by Gasteiger charge is -2.40. The van der Waals surface area contributed by atoms with Crippen molar-refractivity contribution in [2.75, 3.05) is 25.0 Å². The number of amides is 3. The molecule has 202 valence electrons. The number of nitrogens with zero attached hydrogens (tertiary/aromatic N) is 4. The Balaban J connectivity index is 1.07. The molecule has 1 unspecified atom stereocenters. The Morgan fingerprint density at radius 3 is 2.82 bits per heavy atom. The SMILES string of the molecule is Cc1cc(CC(NC(=O)CN2CCC(N3Cc4ccccc4NC3=O)CC2)c2ncc(Br)[nH]2)cc2cn[nH]c12. The van der Waals surface area contributed by atoms with E-state index < -0.39 is 0 Å². The number of imidazole rings is 1. The number of piperidine rings is 1. The maximum atomic E-state index is 13.2. The van der Waals surface area contributed by atoms with Gasteiger partial charge in [0, 0.05) is 36.7 Å². The van der Waals surface area contributed by atoms with Gasteiger partial charge in [-0.05, 0) is 70.9 Å². The Labute approximate surface area is 234 Å². The molecular formula is C28H31BrN8O2. The van der Waals surface area contributed by atoms with E-state index in [1.54, 1.807) is 6.20 Å². The minimum atomic E-state index is -0.304. The first kappa shape index (κ1) is 25.6. The number of benzene rings is 2. The summed E-state index contributed by atoms with van der Waals surface area (Å²) in [6, 6.07) is 12.0. The molecule has 0 saturated carbocycles. The monoisotopic (exact) mass is 590 g/mol. The fourth-order valence-electron chi connectivity index (χ4n) is 5.72. The molecule has 6 rings (SSSR count). The number of aromatic nitrogens is 4. The molecule has 2 aromatic carbocycles. The number of fused-ring (bicyclic) bond motifs is 2. The molecule has 4 aromatic rings. The number of nitrogens with one attached hydrogen (secondary N) is 4. The van der Waals surface area contributed by atoms with E-state index in [4.69, 9.17) is 0 Å². The van der Waals surface area contributed by atoms with E-state index in [2.05, 4.69) is 76.8 Å². The molecule has 10 nitrogen and oxygen atoms in total. The molecule has 1 fully saturated rings. The largest absolute Gasteiger partial charge is 0.345 e. The summed E-state index contributed by atoms with van der Waals surface area (Å²) in [6.45, 7) is 4.50. The van der Waals surface area contributed by atoms with Gasteiger partial charge in [-0.1, -0.05) is 24.3 Å². The lowest BCUT2D eigenvalue weighted by molar-refractivity contribution is -0.123. The number of aryl methyl sites for hydroxylation is 1. The number of rotatable bonds is 7. The van der Waals surface area contributed by atoms with Gasteiger partial charge in [0.2, 0.25) is 5.91 Å². The summed E-state index contributed by atoms with van der Waals surface area (Å²) in [4.78, 5) is 37.7. The molecule has 3 amide bonds. The fourth-order valence-corrected chi connectivity index (χ4v) is 6.03. The van der Waals surface area contributed by atoms with Crippen molar-refractivity contribution in [2.45, 2.75) is 44.8 Å². The predicted octanol–water partition coefficient (Wildman–Crippen LogP) is 4.27. The number of urea groups is 1. The van der Waals surface area contributed by atoms with Gasteiger partial charge in [0.25, 0.3) is 0 Å². The van der Waals surface area contributed by atoms with Crippen LogP contribution in [0.4, 0.5) is 10.5 Å². The van der Waals surface area contributed by atoms with Crippen molar-refractivity contribution in [1.82, 2.24) is 35.3 Å². The van der Waals surface area contributed by atoms with E-state index >= 15 is 0 Å². The van der Waals surface area contributed by atoms with Crippen LogP contribution in [-0.4, -0.2) is 67.6 Å². The van der Waals surface area contributed by atoms with Crippen LogP contribution in [0.5, 0.6) is 0 Å². The van der Waals surface area contributed by atoms with E-state index in [9.17, 15) is 9.59 Å². The van der Waals surface area contributed by atoms with Crippen LogP contribution in [0.1, 0.15) is 41.4 Å². The molecule has 2 aromatic heterocycles. The molecule has 4 heterocycles. The smallest absolute Gasteiger partial charge is 0.322 e. The van der Waals surface area contributed by atoms with E-state index in [0.717, 1.165) is 63.8 Å². The zero-order valence-electron chi connectivity index (χ0n) is 21.7. The van der Waals surface area contributed by atoms with Gasteiger partial charge in [-0.25, -0.2) is 9.78 Å². The van der Waals surface area contributed by atoms with Gasteiger partial charge in [0.15, 0.2) is 0 Å². The quantitative estimate of drug-likeness (QED) is 0.256. The maximum absolute atomic E-state index is 13.2. The Bertz CT molecular complexity index is 1510. The number of halogens is 1. The van der Waals surface area contributed by atoms with Gasteiger partial charge in [-0.3, -0.25) is 14.8 Å². The normalized spacial score (nSPS) is 17.2. The van der Waals surface area contributed by atoms with Crippen LogP contribution in [0.25, 0.3) is 10.9 Å². The standard InChI is InChI=1S/C28H31BrN8O2/c1-17-10-18(11-20-13-31-35-26(17)20)12-23(27-30-14-24(29)34-27)32-25(38)16-36-8-6-21(7-9-36)37-15-19-4-2-3-5-22(19)33-28(37)39/h2-5,10-11,13-14,21,23H,6-9,12,15-16H2,1H3,(H,30,34)(H,31,35)(H,32,38)(H,33,39). The topological polar surface area (TPSA) is 122 Å². The third-order valence-corrected chi connectivity index (χ3v) is 8.10. The van der Waals surface area contributed by atoms with E-state index in [1.807, 2.05) is 29.3 Å². The third-order valence-electron chi connectivity index (χ3n) is 7.70. The average molecular weight is 592 g/mol. The van der Waals surface area contributed by atoms with Crippen molar-refractivity contribution < 1.29 is 9.59 Å². The van der Waals surface area contributed by atoms with Crippen LogP contribution in [0.3, 0.4) is 0 Å². The highest BCUT2D eigenvalue weighted by Crippen LogP contribution is 2.28. The number of carbonyl (C=O) groups excluding carboxylic acids is 2. The number of carbonyl (C=O) groups is 2. The predicted molar refractivity (Wildman–Crippen MR) is 152 cm³/mol. The zero-order chi connectivity index (χ0) is 26.9. The highest BCUT2D eigenvalue weighted by Gasteiger charge is 2.32. The Morgan fingerprint density at radius 2 is 2.03 bits per heavy atom. The van der Waals surface area contributed by atoms with Crippen LogP contribution in [0, 0.1) is 6.92 Å². The van der Waals surface area contributed by atoms with E-state index in [-0.39, 0.29) is 24.0 Å². The van der Waals surface area contributed by atoms with Crippen LogP contribution in [0.15, 0.2) is 53.4 Å². The van der Waals surface area contributed by atoms with Crippen LogP contribution >= 0.6 is 15.9 Å². The molecule has 0 aliphatic carbocycles.